The summed E-state index contributed by atoms with van der Waals surface area (Å²) in [5.41, 5.74) is 1.57. The van der Waals surface area contributed by atoms with Crippen molar-refractivity contribution in [3.8, 4) is 0 Å². The standard InChI is InChI=1S/C33H32Cl3N3O4S/c1-23(2)37-33(41)31(19-24-11-5-3-6-12-24)38(21-25-13-9-10-16-28(25)34)32(40)22-39(26-17-18-29(35)30(36)20-26)44(42,43)27-14-7-4-8-15-27/h3-18,20,23,31H,19,21-22H2,1-2H3,(H,37,41)/t31-/m0/s1. The molecule has 4 rings (SSSR count). The molecule has 0 aliphatic rings. The first kappa shape index (κ1) is 33.3. The van der Waals surface area contributed by atoms with Gasteiger partial charge in [0.15, 0.2) is 0 Å². The second-order valence-corrected chi connectivity index (χ2v) is 13.5. The third-order valence-electron chi connectivity index (χ3n) is 6.80. The predicted molar refractivity (Wildman–Crippen MR) is 177 cm³/mol. The van der Waals surface area contributed by atoms with Crippen LogP contribution in [0, 0.1) is 0 Å². The Labute approximate surface area is 273 Å². The fourth-order valence-electron chi connectivity index (χ4n) is 4.63. The van der Waals surface area contributed by atoms with Crippen molar-refractivity contribution in [2.24, 2.45) is 0 Å². The number of nitrogens with one attached hydrogen (secondary N) is 1. The lowest BCUT2D eigenvalue weighted by Gasteiger charge is -2.34. The van der Waals surface area contributed by atoms with E-state index in [2.05, 4.69) is 5.32 Å². The molecule has 0 aliphatic carbocycles. The van der Waals surface area contributed by atoms with Gasteiger partial charge in [-0.1, -0.05) is 102 Å². The summed E-state index contributed by atoms with van der Waals surface area (Å²) in [5, 5.41) is 3.68. The molecule has 4 aromatic rings. The highest BCUT2D eigenvalue weighted by Gasteiger charge is 2.35. The van der Waals surface area contributed by atoms with Crippen molar-refractivity contribution in [1.82, 2.24) is 10.2 Å². The topological polar surface area (TPSA) is 86.8 Å². The minimum Gasteiger partial charge on any atom is -0.352 e. The highest BCUT2D eigenvalue weighted by Crippen LogP contribution is 2.31. The van der Waals surface area contributed by atoms with Crippen molar-refractivity contribution in [2.45, 2.75) is 43.8 Å². The van der Waals surface area contributed by atoms with E-state index < -0.39 is 28.5 Å². The third kappa shape index (κ3) is 8.33. The zero-order chi connectivity index (χ0) is 31.9. The molecule has 11 heteroatoms. The van der Waals surface area contributed by atoms with E-state index in [0.29, 0.717) is 10.6 Å². The lowest BCUT2D eigenvalue weighted by atomic mass is 10.0. The maximum absolute atomic E-state index is 14.4. The number of hydrogen-bond acceptors (Lipinski definition) is 4. The van der Waals surface area contributed by atoms with Crippen LogP contribution in [-0.4, -0.2) is 43.8 Å². The molecule has 2 amide bonds. The Morgan fingerprint density at radius 2 is 1.39 bits per heavy atom. The minimum absolute atomic E-state index is 0.0186. The van der Waals surface area contributed by atoms with Crippen LogP contribution in [0.5, 0.6) is 0 Å². The molecule has 1 N–H and O–H groups in total. The third-order valence-corrected chi connectivity index (χ3v) is 9.70. The van der Waals surface area contributed by atoms with E-state index in [1.165, 1.54) is 35.2 Å². The Bertz CT molecular complexity index is 1700. The summed E-state index contributed by atoms with van der Waals surface area (Å²) in [6.07, 6.45) is 0.188. The second-order valence-electron chi connectivity index (χ2n) is 10.4. The first-order chi connectivity index (χ1) is 21.0. The monoisotopic (exact) mass is 671 g/mol. The van der Waals surface area contributed by atoms with Gasteiger partial charge in [0.2, 0.25) is 11.8 Å². The Hall–Kier alpha value is -3.56. The van der Waals surface area contributed by atoms with E-state index in [9.17, 15) is 18.0 Å². The molecule has 230 valence electrons. The van der Waals surface area contributed by atoms with Crippen LogP contribution in [0.25, 0.3) is 0 Å². The van der Waals surface area contributed by atoms with Crippen molar-refractivity contribution < 1.29 is 18.0 Å². The average molecular weight is 673 g/mol. The van der Waals surface area contributed by atoms with E-state index >= 15 is 0 Å². The average Bonchev–Trinajstić information content (AvgIpc) is 3.00. The van der Waals surface area contributed by atoms with E-state index in [1.54, 1.807) is 42.5 Å². The summed E-state index contributed by atoms with van der Waals surface area (Å²) in [5.74, 6) is -0.994. The van der Waals surface area contributed by atoms with Gasteiger partial charge in [-0.3, -0.25) is 13.9 Å². The molecule has 0 unspecified atom stereocenters. The molecule has 0 heterocycles. The van der Waals surface area contributed by atoms with Gasteiger partial charge in [0.05, 0.1) is 20.6 Å². The van der Waals surface area contributed by atoms with Crippen molar-refractivity contribution in [3.63, 3.8) is 0 Å². The number of sulfonamides is 1. The first-order valence-electron chi connectivity index (χ1n) is 13.9. The summed E-state index contributed by atoms with van der Waals surface area (Å²) in [7, 11) is -4.26. The Morgan fingerprint density at radius 1 is 0.773 bits per heavy atom. The molecular formula is C33H32Cl3N3O4S. The molecule has 0 bridgehead atoms. The van der Waals surface area contributed by atoms with Gasteiger partial charge in [0.1, 0.15) is 12.6 Å². The summed E-state index contributed by atoms with van der Waals surface area (Å²) >= 11 is 18.9. The lowest BCUT2D eigenvalue weighted by Crippen LogP contribution is -2.54. The van der Waals surface area contributed by atoms with Crippen molar-refractivity contribution in [1.29, 1.82) is 0 Å². The van der Waals surface area contributed by atoms with Gasteiger partial charge in [-0.05, 0) is 61.4 Å². The number of carbonyl (C=O) groups excluding carboxylic acids is 2. The van der Waals surface area contributed by atoms with Gasteiger partial charge in [-0.25, -0.2) is 8.42 Å². The molecule has 1 atom stereocenters. The SMILES string of the molecule is CC(C)NC(=O)[C@H](Cc1ccccc1)N(Cc1ccccc1Cl)C(=O)CN(c1ccc(Cl)c(Cl)c1)S(=O)(=O)c1ccccc1. The number of nitrogens with zero attached hydrogens (tertiary/aromatic N) is 2. The number of halogens is 3. The summed E-state index contributed by atoms with van der Waals surface area (Å²) < 4.78 is 29.0. The molecule has 4 aromatic carbocycles. The minimum atomic E-state index is -4.26. The number of rotatable bonds is 12. The molecule has 0 fully saturated rings. The van der Waals surface area contributed by atoms with Crippen molar-refractivity contribution >= 4 is 62.3 Å². The maximum Gasteiger partial charge on any atom is 0.264 e. The second kappa shape index (κ2) is 14.9. The normalized spacial score (nSPS) is 12.0. The largest absolute Gasteiger partial charge is 0.352 e. The van der Waals surface area contributed by atoms with Crippen molar-refractivity contribution in [3.05, 3.63) is 129 Å². The van der Waals surface area contributed by atoms with Gasteiger partial charge in [-0.15, -0.1) is 0 Å². The van der Waals surface area contributed by atoms with E-state index in [1.807, 2.05) is 44.2 Å². The molecule has 7 nitrogen and oxygen atoms in total. The van der Waals surface area contributed by atoms with E-state index in [4.69, 9.17) is 34.8 Å². The Morgan fingerprint density at radius 3 is 2.00 bits per heavy atom. The van der Waals surface area contributed by atoms with E-state index in [-0.39, 0.29) is 45.5 Å². The highest BCUT2D eigenvalue weighted by molar-refractivity contribution is 7.92. The summed E-state index contributed by atoms with van der Waals surface area (Å²) in [4.78, 5) is 29.5. The summed E-state index contributed by atoms with van der Waals surface area (Å²) in [6.45, 7) is 2.99. The van der Waals surface area contributed by atoms with Crippen LogP contribution in [0.15, 0.2) is 108 Å². The number of benzene rings is 4. The van der Waals surface area contributed by atoms with Gasteiger partial charge >= 0.3 is 0 Å². The van der Waals surface area contributed by atoms with Crippen LogP contribution in [0.2, 0.25) is 15.1 Å². The number of anilines is 1. The number of hydrogen-bond donors (Lipinski definition) is 1. The maximum atomic E-state index is 14.4. The molecule has 0 aliphatic heterocycles. The fraction of sp³-hybridized carbons (Fsp3) is 0.212. The molecule has 0 saturated heterocycles. The van der Waals surface area contributed by atoms with Gasteiger partial charge in [0, 0.05) is 24.0 Å². The lowest BCUT2D eigenvalue weighted by molar-refractivity contribution is -0.140. The smallest absolute Gasteiger partial charge is 0.264 e. The number of amides is 2. The summed E-state index contributed by atoms with van der Waals surface area (Å²) in [6, 6.07) is 27.2. The Balaban J connectivity index is 1.82. The van der Waals surface area contributed by atoms with Crippen LogP contribution in [0.1, 0.15) is 25.0 Å². The van der Waals surface area contributed by atoms with Gasteiger partial charge in [0.25, 0.3) is 10.0 Å². The van der Waals surface area contributed by atoms with E-state index in [0.717, 1.165) is 9.87 Å². The molecule has 0 saturated carbocycles. The molecule has 0 radical (unpaired) electrons. The van der Waals surface area contributed by atoms with Crippen LogP contribution in [0.4, 0.5) is 5.69 Å². The number of carbonyl (C=O) groups is 2. The quantitative estimate of drug-likeness (QED) is 0.176. The molecular weight excluding hydrogens is 641 g/mol. The highest BCUT2D eigenvalue weighted by atomic mass is 35.5. The van der Waals surface area contributed by atoms with Gasteiger partial charge in [-0.2, -0.15) is 0 Å². The van der Waals surface area contributed by atoms with Crippen LogP contribution >= 0.6 is 34.8 Å². The molecule has 0 aromatic heterocycles. The van der Waals surface area contributed by atoms with Gasteiger partial charge < -0.3 is 10.2 Å². The zero-order valence-electron chi connectivity index (χ0n) is 24.2. The molecule has 44 heavy (non-hydrogen) atoms. The molecule has 0 spiro atoms. The fourth-order valence-corrected chi connectivity index (χ4v) is 6.55. The van der Waals surface area contributed by atoms with Crippen LogP contribution in [0.3, 0.4) is 0 Å². The van der Waals surface area contributed by atoms with Crippen LogP contribution < -0.4 is 9.62 Å². The van der Waals surface area contributed by atoms with Crippen molar-refractivity contribution in [2.75, 3.05) is 10.8 Å². The van der Waals surface area contributed by atoms with Crippen LogP contribution in [-0.2, 0) is 32.6 Å². The zero-order valence-corrected chi connectivity index (χ0v) is 27.2. The Kier molecular flexibility index (Phi) is 11.3. The first-order valence-corrected chi connectivity index (χ1v) is 16.4. The predicted octanol–water partition coefficient (Wildman–Crippen LogP) is 7.01.